The Morgan fingerprint density at radius 2 is 2.07 bits per heavy atom. The first-order valence-electron chi connectivity index (χ1n) is 4.45. The van der Waals surface area contributed by atoms with Crippen molar-refractivity contribution < 1.29 is 0 Å². The van der Waals surface area contributed by atoms with Crippen LogP contribution in [-0.4, -0.2) is 19.1 Å². The Balaban J connectivity index is 2.34. The molecule has 0 N–H and O–H groups in total. The second kappa shape index (κ2) is 3.80. The third kappa shape index (κ3) is 1.77. The van der Waals surface area contributed by atoms with Crippen molar-refractivity contribution in [1.29, 1.82) is 0 Å². The molecular formula is C11H12N2S. The molecule has 0 saturated carbocycles. The number of thiophene rings is 1. The first kappa shape index (κ1) is 9.21. The lowest BCUT2D eigenvalue weighted by Crippen LogP contribution is -2.05. The number of nitrogens with zero attached hydrogens (tertiary/aromatic N) is 2. The van der Waals surface area contributed by atoms with Gasteiger partial charge in [-0.3, -0.25) is 4.98 Å². The monoisotopic (exact) mass is 204 g/mol. The van der Waals surface area contributed by atoms with E-state index in [-0.39, 0.29) is 0 Å². The Morgan fingerprint density at radius 3 is 2.64 bits per heavy atom. The quantitative estimate of drug-likeness (QED) is 0.747. The summed E-state index contributed by atoms with van der Waals surface area (Å²) in [6.45, 7) is 0. The zero-order valence-corrected chi connectivity index (χ0v) is 9.08. The predicted octanol–water partition coefficient (Wildman–Crippen LogP) is 2.88. The minimum Gasteiger partial charge on any atom is -0.370 e. The van der Waals surface area contributed by atoms with Gasteiger partial charge in [-0.15, -0.1) is 11.3 Å². The molecule has 0 unspecified atom stereocenters. The van der Waals surface area contributed by atoms with Gasteiger partial charge in [-0.1, -0.05) is 6.07 Å². The van der Waals surface area contributed by atoms with Crippen molar-refractivity contribution >= 4 is 16.3 Å². The van der Waals surface area contributed by atoms with Crippen LogP contribution in [-0.2, 0) is 0 Å². The SMILES string of the molecule is CN(C)c1ccc(-c2cccnc2)s1. The van der Waals surface area contributed by atoms with Crippen LogP contribution >= 0.6 is 11.3 Å². The summed E-state index contributed by atoms with van der Waals surface area (Å²) in [6.07, 6.45) is 3.69. The molecule has 0 bridgehead atoms. The molecule has 0 aliphatic rings. The average Bonchev–Trinajstić information content (AvgIpc) is 2.68. The predicted molar refractivity (Wildman–Crippen MR) is 61.9 cm³/mol. The van der Waals surface area contributed by atoms with Crippen molar-refractivity contribution in [2.24, 2.45) is 0 Å². The van der Waals surface area contributed by atoms with Crippen LogP contribution in [0.15, 0.2) is 36.7 Å². The fourth-order valence-electron chi connectivity index (χ4n) is 1.23. The van der Waals surface area contributed by atoms with Crippen molar-refractivity contribution in [2.45, 2.75) is 0 Å². The van der Waals surface area contributed by atoms with Crippen LogP contribution in [0.25, 0.3) is 10.4 Å². The zero-order valence-electron chi connectivity index (χ0n) is 8.27. The summed E-state index contributed by atoms with van der Waals surface area (Å²) < 4.78 is 0. The van der Waals surface area contributed by atoms with Crippen LogP contribution in [0.1, 0.15) is 0 Å². The highest BCUT2D eigenvalue weighted by atomic mass is 32.1. The molecule has 0 spiro atoms. The van der Waals surface area contributed by atoms with Gasteiger partial charge in [-0.25, -0.2) is 0 Å². The van der Waals surface area contributed by atoms with E-state index in [1.54, 1.807) is 17.5 Å². The van der Waals surface area contributed by atoms with Crippen LogP contribution in [0.2, 0.25) is 0 Å². The van der Waals surface area contributed by atoms with E-state index in [1.807, 2.05) is 12.3 Å². The van der Waals surface area contributed by atoms with Gasteiger partial charge in [-0.05, 0) is 18.2 Å². The van der Waals surface area contributed by atoms with Crippen molar-refractivity contribution in [3.8, 4) is 10.4 Å². The maximum Gasteiger partial charge on any atom is 0.0909 e. The molecule has 2 aromatic rings. The molecule has 0 fully saturated rings. The summed E-state index contributed by atoms with van der Waals surface area (Å²) in [5.74, 6) is 0. The van der Waals surface area contributed by atoms with Crippen molar-refractivity contribution in [1.82, 2.24) is 4.98 Å². The fourth-order valence-corrected chi connectivity index (χ4v) is 2.15. The minimum atomic E-state index is 1.19. The first-order chi connectivity index (χ1) is 6.77. The van der Waals surface area contributed by atoms with E-state index in [9.17, 15) is 0 Å². The summed E-state index contributed by atoms with van der Waals surface area (Å²) >= 11 is 1.78. The van der Waals surface area contributed by atoms with E-state index in [0.29, 0.717) is 0 Å². The molecule has 2 nitrogen and oxygen atoms in total. The highest BCUT2D eigenvalue weighted by Crippen LogP contribution is 2.31. The smallest absolute Gasteiger partial charge is 0.0909 e. The zero-order chi connectivity index (χ0) is 9.97. The highest BCUT2D eigenvalue weighted by molar-refractivity contribution is 7.19. The summed E-state index contributed by atoms with van der Waals surface area (Å²) in [6, 6.07) is 8.31. The molecule has 0 aromatic carbocycles. The third-order valence-corrected chi connectivity index (χ3v) is 3.28. The van der Waals surface area contributed by atoms with Crippen LogP contribution in [0.4, 0.5) is 5.00 Å². The lowest BCUT2D eigenvalue weighted by molar-refractivity contribution is 1.16. The third-order valence-electron chi connectivity index (χ3n) is 1.98. The first-order valence-corrected chi connectivity index (χ1v) is 5.26. The van der Waals surface area contributed by atoms with Gasteiger partial charge in [0.2, 0.25) is 0 Å². The standard InChI is InChI=1S/C11H12N2S/c1-13(2)11-6-5-10(14-11)9-4-3-7-12-8-9/h3-8H,1-2H3. The Hall–Kier alpha value is -1.35. The van der Waals surface area contributed by atoms with Crippen molar-refractivity contribution in [3.05, 3.63) is 36.7 Å². The molecule has 14 heavy (non-hydrogen) atoms. The number of hydrogen-bond donors (Lipinski definition) is 0. The summed E-state index contributed by atoms with van der Waals surface area (Å²) in [7, 11) is 4.11. The van der Waals surface area contributed by atoms with Crippen LogP contribution in [0.5, 0.6) is 0 Å². The molecule has 2 aromatic heterocycles. The normalized spacial score (nSPS) is 10.1. The van der Waals surface area contributed by atoms with E-state index in [0.717, 1.165) is 0 Å². The topological polar surface area (TPSA) is 16.1 Å². The molecule has 0 aliphatic heterocycles. The Morgan fingerprint density at radius 1 is 1.21 bits per heavy atom. The average molecular weight is 204 g/mol. The van der Waals surface area contributed by atoms with Gasteiger partial charge in [-0.2, -0.15) is 0 Å². The van der Waals surface area contributed by atoms with E-state index in [2.05, 4.69) is 42.2 Å². The van der Waals surface area contributed by atoms with Gasteiger partial charge < -0.3 is 4.90 Å². The van der Waals surface area contributed by atoms with E-state index < -0.39 is 0 Å². The highest BCUT2D eigenvalue weighted by Gasteiger charge is 2.03. The van der Waals surface area contributed by atoms with Gasteiger partial charge in [0.1, 0.15) is 0 Å². The summed E-state index contributed by atoms with van der Waals surface area (Å²) in [5, 5.41) is 1.27. The molecule has 2 heterocycles. The number of rotatable bonds is 2. The van der Waals surface area contributed by atoms with E-state index in [1.165, 1.54) is 15.4 Å². The van der Waals surface area contributed by atoms with E-state index >= 15 is 0 Å². The minimum absolute atomic E-state index is 1.19. The lowest BCUT2D eigenvalue weighted by atomic mass is 10.2. The second-order valence-corrected chi connectivity index (χ2v) is 4.34. The van der Waals surface area contributed by atoms with Crippen LogP contribution in [0, 0.1) is 0 Å². The van der Waals surface area contributed by atoms with Gasteiger partial charge in [0.05, 0.1) is 5.00 Å². The largest absolute Gasteiger partial charge is 0.370 e. The lowest BCUT2D eigenvalue weighted by Gasteiger charge is -2.07. The molecule has 3 heteroatoms. The molecular weight excluding hydrogens is 192 g/mol. The van der Waals surface area contributed by atoms with Gasteiger partial charge in [0, 0.05) is 36.9 Å². The molecule has 0 saturated heterocycles. The molecule has 0 atom stereocenters. The molecule has 0 aliphatic carbocycles. The van der Waals surface area contributed by atoms with Gasteiger partial charge in [0.25, 0.3) is 0 Å². The second-order valence-electron chi connectivity index (χ2n) is 3.27. The molecule has 2 rings (SSSR count). The molecule has 0 radical (unpaired) electrons. The fraction of sp³-hybridized carbons (Fsp3) is 0.182. The Labute approximate surface area is 87.8 Å². The van der Waals surface area contributed by atoms with Crippen molar-refractivity contribution in [2.75, 3.05) is 19.0 Å². The van der Waals surface area contributed by atoms with Crippen molar-refractivity contribution in [3.63, 3.8) is 0 Å². The molecule has 0 amide bonds. The number of anilines is 1. The van der Waals surface area contributed by atoms with Gasteiger partial charge in [0.15, 0.2) is 0 Å². The maximum absolute atomic E-state index is 4.11. The van der Waals surface area contributed by atoms with Gasteiger partial charge >= 0.3 is 0 Å². The maximum atomic E-state index is 4.11. The van der Waals surface area contributed by atoms with E-state index in [4.69, 9.17) is 0 Å². The van der Waals surface area contributed by atoms with Crippen LogP contribution in [0.3, 0.4) is 0 Å². The Kier molecular flexibility index (Phi) is 2.50. The number of aromatic nitrogens is 1. The van der Waals surface area contributed by atoms with Crippen LogP contribution < -0.4 is 4.90 Å². The number of hydrogen-bond acceptors (Lipinski definition) is 3. The number of pyridine rings is 1. The molecule has 72 valence electrons. The summed E-state index contributed by atoms with van der Waals surface area (Å²) in [5.41, 5.74) is 1.19. The Bertz CT molecular complexity index is 406. The summed E-state index contributed by atoms with van der Waals surface area (Å²) in [4.78, 5) is 7.49.